The molecule has 1 amide bonds. The van der Waals surface area contributed by atoms with Crippen LogP contribution < -0.4 is 16.2 Å². The van der Waals surface area contributed by atoms with Crippen molar-refractivity contribution in [2.75, 3.05) is 38.3 Å². The molecule has 11 rings (SSSR count). The van der Waals surface area contributed by atoms with Gasteiger partial charge < -0.3 is 18.9 Å². The molecule has 1 aliphatic carbocycles. The molecule has 1 N–H and O–H groups in total. The standard InChI is InChI=1S/C51H54F3N9O7S/c1-28-22-36(23-29(2)44(28)52)63-46(61-17-16-60(50(61)66)35-7-9-42(38(26-35)45(53)54)69-37-13-20-71(67,55-5)21-14-37)43-31(4)59(15-10-39(43)57-63)47(64)41-25-34-24-33(32-11-18-68-19-12-32)6-8-40(34)62(41)51(27-30(51)3)48-56-49(65)70-58-48/h6-9,16-17,22-26,30-32,37,45H,10-15,18-21,27H2,1-5H3,(H,56,58,65)/t30-,31-,37?,51-,71?/m0/s1. The van der Waals surface area contributed by atoms with Gasteiger partial charge in [-0.25, -0.2) is 36.0 Å². The maximum absolute atomic E-state index is 15.5. The van der Waals surface area contributed by atoms with Crippen molar-refractivity contribution in [3.8, 4) is 22.9 Å². The monoisotopic (exact) mass is 993 g/mol. The predicted molar refractivity (Wildman–Crippen MR) is 259 cm³/mol. The van der Waals surface area contributed by atoms with Crippen LogP contribution in [0.25, 0.3) is 28.1 Å². The molecule has 7 aromatic rings. The molecular weight excluding hydrogens is 940 g/mol. The van der Waals surface area contributed by atoms with E-state index in [9.17, 15) is 22.6 Å². The van der Waals surface area contributed by atoms with Gasteiger partial charge in [0.25, 0.3) is 12.3 Å². The first kappa shape index (κ1) is 46.7. The second-order valence-electron chi connectivity index (χ2n) is 19.5. The second kappa shape index (κ2) is 17.6. The highest BCUT2D eigenvalue weighted by molar-refractivity contribution is 7.93. The minimum absolute atomic E-state index is 0.0222. The largest absolute Gasteiger partial charge is 0.490 e. The fraction of sp³-hybridized carbons (Fsp3) is 0.431. The van der Waals surface area contributed by atoms with E-state index >= 15 is 9.18 Å². The van der Waals surface area contributed by atoms with Crippen molar-refractivity contribution in [1.29, 1.82) is 0 Å². The zero-order valence-corrected chi connectivity index (χ0v) is 40.8. The van der Waals surface area contributed by atoms with Gasteiger partial charge in [0.2, 0.25) is 0 Å². The Hall–Kier alpha value is -6.67. The van der Waals surface area contributed by atoms with E-state index in [1.165, 1.54) is 46.8 Å². The number of rotatable bonds is 10. The highest BCUT2D eigenvalue weighted by Crippen LogP contribution is 2.56. The molecule has 20 heteroatoms. The van der Waals surface area contributed by atoms with Gasteiger partial charge in [-0.15, -0.1) is 0 Å². The van der Waals surface area contributed by atoms with Crippen LogP contribution in [-0.2, 0) is 26.4 Å². The van der Waals surface area contributed by atoms with Crippen LogP contribution in [0.3, 0.4) is 0 Å². The van der Waals surface area contributed by atoms with Gasteiger partial charge in [-0.05, 0) is 130 Å². The van der Waals surface area contributed by atoms with Crippen LogP contribution in [0.4, 0.5) is 13.2 Å². The number of aromatic amines is 1. The smallest absolute Gasteiger partial charge is 0.438 e. The molecule has 71 heavy (non-hydrogen) atoms. The number of alkyl halides is 2. The van der Waals surface area contributed by atoms with Crippen LogP contribution in [0.5, 0.6) is 5.75 Å². The number of halogens is 3. The summed E-state index contributed by atoms with van der Waals surface area (Å²) in [4.78, 5) is 47.4. The van der Waals surface area contributed by atoms with E-state index in [-0.39, 0.29) is 35.6 Å². The highest BCUT2D eigenvalue weighted by atomic mass is 32.2. The SMILES string of the molecule is CN=S1(=O)CCC(Oc2ccc(-n3ccn(-c4c5c(nn4-c4cc(C)c(F)c(C)c4)CCN(C(=O)c4cc6cc(C7CCOCC7)ccc6n4[C@@]4(c6noc(=O)[nH]6)C[C@@H]4C)[C@H]5C)c3=O)cc2C(F)F)CC1. The first-order valence-electron chi connectivity index (χ1n) is 24.1. The minimum atomic E-state index is -2.94. The van der Waals surface area contributed by atoms with Crippen LogP contribution in [0, 0.1) is 25.6 Å². The number of carbonyl (C=O) groups excluding carboxylic acids is 1. The summed E-state index contributed by atoms with van der Waals surface area (Å²) in [5, 5.41) is 10.1. The summed E-state index contributed by atoms with van der Waals surface area (Å²) in [6.07, 6.45) is 3.12. The van der Waals surface area contributed by atoms with E-state index in [4.69, 9.17) is 19.1 Å². The lowest BCUT2D eigenvalue weighted by Crippen LogP contribution is -2.41. The molecule has 7 heterocycles. The number of aromatic nitrogens is 7. The fourth-order valence-corrected chi connectivity index (χ4v) is 13.1. The van der Waals surface area contributed by atoms with E-state index in [0.29, 0.717) is 102 Å². The van der Waals surface area contributed by atoms with Crippen molar-refractivity contribution < 1.29 is 36.2 Å². The molecule has 3 aliphatic heterocycles. The number of hydrogen-bond donors (Lipinski definition) is 1. The topological polar surface area (TPSA) is 177 Å². The van der Waals surface area contributed by atoms with Crippen LogP contribution in [-0.4, -0.2) is 93.1 Å². The highest BCUT2D eigenvalue weighted by Gasteiger charge is 2.59. The maximum atomic E-state index is 15.5. The van der Waals surface area contributed by atoms with Crippen LogP contribution >= 0.6 is 0 Å². The third-order valence-electron chi connectivity index (χ3n) is 15.3. The molecule has 16 nitrogen and oxygen atoms in total. The minimum Gasteiger partial charge on any atom is -0.490 e. The van der Waals surface area contributed by atoms with Crippen molar-refractivity contribution in [1.82, 2.24) is 38.5 Å². The van der Waals surface area contributed by atoms with Gasteiger partial charge in [0.1, 0.15) is 34.7 Å². The Labute approximate surface area is 406 Å². The number of amides is 1. The lowest BCUT2D eigenvalue weighted by atomic mass is 9.91. The van der Waals surface area contributed by atoms with Gasteiger partial charge in [0.15, 0.2) is 5.82 Å². The molecule has 1 saturated carbocycles. The molecule has 0 bridgehead atoms. The molecule has 372 valence electrons. The summed E-state index contributed by atoms with van der Waals surface area (Å²) in [6, 6.07) is 15.0. The number of nitrogens with zero attached hydrogens (tertiary/aromatic N) is 8. The number of fused-ring (bicyclic) bond motifs is 2. The van der Waals surface area contributed by atoms with Gasteiger partial charge in [0, 0.05) is 83.3 Å². The number of benzene rings is 3. The fourth-order valence-electron chi connectivity index (χ4n) is 11.3. The van der Waals surface area contributed by atoms with E-state index in [0.717, 1.165) is 29.3 Å². The van der Waals surface area contributed by atoms with Gasteiger partial charge in [0.05, 0.1) is 28.7 Å². The number of hydrogen-bond acceptors (Lipinski definition) is 10. The summed E-state index contributed by atoms with van der Waals surface area (Å²) in [7, 11) is -0.805. The summed E-state index contributed by atoms with van der Waals surface area (Å²) in [5.74, 6) is 0.145. The second-order valence-corrected chi connectivity index (χ2v) is 22.2. The first-order chi connectivity index (χ1) is 34.1. The molecule has 0 unspecified atom stereocenters. The number of nitrogens with one attached hydrogen (secondary N) is 1. The number of aryl methyl sites for hydroxylation is 2. The number of imidazole rings is 1. The molecule has 0 spiro atoms. The van der Waals surface area contributed by atoms with E-state index in [1.807, 2.05) is 30.5 Å². The zero-order chi connectivity index (χ0) is 49.7. The summed E-state index contributed by atoms with van der Waals surface area (Å²) >= 11 is 0. The average molecular weight is 994 g/mol. The van der Waals surface area contributed by atoms with Gasteiger partial charge in [-0.2, -0.15) is 5.10 Å². The summed E-state index contributed by atoms with van der Waals surface area (Å²) in [5.41, 5.74) is 3.02. The third kappa shape index (κ3) is 7.84. The Kier molecular flexibility index (Phi) is 11.6. The van der Waals surface area contributed by atoms with E-state index in [2.05, 4.69) is 26.6 Å². The molecule has 3 aromatic carbocycles. The lowest BCUT2D eigenvalue weighted by molar-refractivity contribution is 0.0663. The van der Waals surface area contributed by atoms with Crippen molar-refractivity contribution in [3.05, 3.63) is 139 Å². The van der Waals surface area contributed by atoms with Crippen molar-refractivity contribution in [3.63, 3.8) is 0 Å². The van der Waals surface area contributed by atoms with Gasteiger partial charge in [-0.1, -0.05) is 18.1 Å². The summed E-state index contributed by atoms with van der Waals surface area (Å²) < 4.78 is 84.6. The van der Waals surface area contributed by atoms with Crippen molar-refractivity contribution in [2.24, 2.45) is 10.3 Å². The van der Waals surface area contributed by atoms with Crippen LogP contribution in [0.2, 0.25) is 0 Å². The molecule has 3 fully saturated rings. The van der Waals surface area contributed by atoms with Crippen LogP contribution in [0.15, 0.2) is 85.5 Å². The van der Waals surface area contributed by atoms with Crippen molar-refractivity contribution in [2.45, 2.75) is 96.2 Å². The molecular formula is C51H54F3N9O7S. The normalized spacial score (nSPS) is 23.6. The van der Waals surface area contributed by atoms with Crippen LogP contribution in [0.1, 0.15) is 114 Å². The quantitative estimate of drug-likeness (QED) is 0.142. The first-order valence-corrected chi connectivity index (χ1v) is 25.9. The van der Waals surface area contributed by atoms with E-state index in [1.54, 1.807) is 35.6 Å². The average Bonchev–Trinajstić information content (AvgIpc) is 3.86. The maximum Gasteiger partial charge on any atom is 0.438 e. The Bertz CT molecular complexity index is 3480. The third-order valence-corrected chi connectivity index (χ3v) is 17.7. The molecule has 4 aromatic heterocycles. The Morgan fingerprint density at radius 2 is 1.68 bits per heavy atom. The number of H-pyrrole nitrogens is 1. The van der Waals surface area contributed by atoms with Crippen molar-refractivity contribution >= 4 is 26.5 Å². The molecule has 0 radical (unpaired) electrons. The predicted octanol–water partition coefficient (Wildman–Crippen LogP) is 8.21. The zero-order valence-electron chi connectivity index (χ0n) is 40.0. The number of ether oxygens (including phenoxy) is 2. The Balaban J connectivity index is 1.01. The molecule has 2 saturated heterocycles. The van der Waals surface area contributed by atoms with Gasteiger partial charge in [-0.3, -0.25) is 23.4 Å². The van der Waals surface area contributed by atoms with E-state index < -0.39 is 50.8 Å². The Morgan fingerprint density at radius 1 is 0.958 bits per heavy atom. The lowest BCUT2D eigenvalue weighted by Gasteiger charge is -2.34. The van der Waals surface area contributed by atoms with Gasteiger partial charge >= 0.3 is 11.4 Å². The number of carbonyl (C=O) groups is 1. The molecule has 4 aliphatic rings. The summed E-state index contributed by atoms with van der Waals surface area (Å²) in [6.45, 7) is 8.82. The Morgan fingerprint density at radius 3 is 2.34 bits per heavy atom. The molecule has 3 atom stereocenters.